The molecule has 0 heterocycles. The summed E-state index contributed by atoms with van der Waals surface area (Å²) < 4.78 is 0. The van der Waals surface area contributed by atoms with Crippen molar-refractivity contribution in [2.45, 2.75) is 6.92 Å². The van der Waals surface area contributed by atoms with E-state index in [0.29, 0.717) is 0 Å². The van der Waals surface area contributed by atoms with E-state index in [9.17, 15) is 0 Å². The summed E-state index contributed by atoms with van der Waals surface area (Å²) in [5.74, 6) is 0. The van der Waals surface area contributed by atoms with Crippen LogP contribution in [0.2, 0.25) is 0 Å². The Kier molecular flexibility index (Phi) is 6.83. The number of hydrogen-bond acceptors (Lipinski definition) is 0. The van der Waals surface area contributed by atoms with Gasteiger partial charge < -0.3 is 0 Å². The van der Waals surface area contributed by atoms with Gasteiger partial charge in [0.1, 0.15) is 102 Å². The van der Waals surface area contributed by atoms with Gasteiger partial charge in [0, 0.05) is 0 Å². The molecule has 0 amide bonds. The second-order valence-electron chi connectivity index (χ2n) is 10.2. The summed E-state index contributed by atoms with van der Waals surface area (Å²) >= 11 is 0. The molecule has 0 atom stereocenters. The Morgan fingerprint density at radius 2 is 0.406 bits per heavy atom. The minimum absolute atomic E-state index is 1.42. The van der Waals surface area contributed by atoms with Gasteiger partial charge in [0.05, 0.1) is 0 Å². The van der Waals surface area contributed by atoms with Crippen molar-refractivity contribution >= 4 is 173 Å². The lowest BCUT2D eigenvalue weighted by Crippen LogP contribution is -2.57. The van der Waals surface area contributed by atoms with Crippen molar-refractivity contribution in [1.82, 2.24) is 0 Å². The fourth-order valence-corrected chi connectivity index (χ4v) is 5.84. The quantitative estimate of drug-likeness (QED) is 0.377. The summed E-state index contributed by atoms with van der Waals surface area (Å²) in [5.41, 5.74) is 25.7. The highest BCUT2D eigenvalue weighted by molar-refractivity contribution is 6.71. The van der Waals surface area contributed by atoms with Gasteiger partial charge in [-0.15, -0.1) is 38.2 Å². The zero-order valence-corrected chi connectivity index (χ0v) is 23.0. The van der Waals surface area contributed by atoms with E-state index in [-0.39, 0.29) is 0 Å². The molecule has 32 heavy (non-hydrogen) atoms. The zero-order chi connectivity index (χ0) is 24.4. The average Bonchev–Trinajstić information content (AvgIpc) is 2.76. The first-order chi connectivity index (χ1) is 14.7. The summed E-state index contributed by atoms with van der Waals surface area (Å²) in [5, 5.41) is 0. The van der Waals surface area contributed by atoms with Crippen LogP contribution < -0.4 is 71.0 Å². The average molecular weight is 398 g/mol. The Morgan fingerprint density at radius 3 is 0.656 bits per heavy atom. The molecule has 0 aliphatic heterocycles. The number of rotatable bonds is 2. The minimum Gasteiger partial charge on any atom is -0.102 e. The van der Waals surface area contributed by atoms with E-state index >= 15 is 0 Å². The Labute approximate surface area is 207 Å². The third-order valence-corrected chi connectivity index (χ3v) is 9.12. The maximum Gasteiger partial charge on any atom is 0.139 e. The van der Waals surface area contributed by atoms with E-state index in [4.69, 9.17) is 0 Å². The van der Waals surface area contributed by atoms with Gasteiger partial charge in [0.15, 0.2) is 0 Å². The van der Waals surface area contributed by atoms with Crippen LogP contribution in [0.15, 0.2) is 0 Å². The lowest BCUT2D eigenvalue weighted by molar-refractivity contribution is 1.51. The van der Waals surface area contributed by atoms with Gasteiger partial charge >= 0.3 is 0 Å². The predicted molar refractivity (Wildman–Crippen MR) is 188 cm³/mol. The number of benzene rings is 3. The van der Waals surface area contributed by atoms with Crippen LogP contribution in [0.3, 0.4) is 0 Å². The molecule has 3 aromatic rings. The van der Waals surface area contributed by atoms with Gasteiger partial charge in [-0.1, -0.05) is 32.8 Å². The zero-order valence-electron chi connectivity index (χ0n) is 23.0. The summed E-state index contributed by atoms with van der Waals surface area (Å²) in [6.07, 6.45) is 0. The molecule has 0 fully saturated rings. The summed E-state index contributed by atoms with van der Waals surface area (Å²) in [4.78, 5) is 0. The Balaban J connectivity index is 2.59. The molecule has 0 saturated heterocycles. The van der Waals surface area contributed by atoms with Crippen molar-refractivity contribution in [3.63, 3.8) is 0 Å². The van der Waals surface area contributed by atoms with E-state index in [1.807, 2.05) is 0 Å². The van der Waals surface area contributed by atoms with Crippen LogP contribution in [0.5, 0.6) is 0 Å². The molecule has 0 N–H and O–H groups in total. The van der Waals surface area contributed by atoms with Crippen molar-refractivity contribution in [3.05, 3.63) is 5.56 Å². The SMILES string of the molecule is Bc1c(B)c(B)c(-c2c(B)c(B)c(B)c(-c3c(B)c(B)c(B)c(B)c3B)c2C)c(B)c1B. The van der Waals surface area contributed by atoms with Crippen molar-refractivity contribution in [2.24, 2.45) is 0 Å². The van der Waals surface area contributed by atoms with Gasteiger partial charge in [-0.05, 0) is 34.7 Å². The molecular formula is C19H29B13. The van der Waals surface area contributed by atoms with E-state index in [0.717, 1.165) is 0 Å². The first-order valence-corrected chi connectivity index (χ1v) is 12.0. The largest absolute Gasteiger partial charge is 0.139 e. The lowest BCUT2D eigenvalue weighted by atomic mass is 9.55. The summed E-state index contributed by atoms with van der Waals surface area (Å²) in [7, 11) is 29.9. The van der Waals surface area contributed by atoms with Crippen molar-refractivity contribution in [1.29, 1.82) is 0 Å². The highest BCUT2D eigenvalue weighted by Gasteiger charge is 2.23. The molecule has 0 bridgehead atoms. The van der Waals surface area contributed by atoms with Crippen molar-refractivity contribution in [3.8, 4) is 22.3 Å². The van der Waals surface area contributed by atoms with E-state index in [1.165, 1.54) is 98.8 Å². The molecule has 13 heteroatoms. The minimum atomic E-state index is 1.42. The Bertz CT molecular complexity index is 1160. The van der Waals surface area contributed by atoms with E-state index in [2.05, 4.69) is 109 Å². The maximum absolute atomic E-state index is 2.36. The van der Waals surface area contributed by atoms with Crippen LogP contribution in [-0.4, -0.2) is 102 Å². The number of hydrogen-bond donors (Lipinski definition) is 0. The maximum atomic E-state index is 2.36. The van der Waals surface area contributed by atoms with Crippen molar-refractivity contribution in [2.75, 3.05) is 0 Å². The highest BCUT2D eigenvalue weighted by atomic mass is 14.2. The van der Waals surface area contributed by atoms with Crippen LogP contribution in [0.4, 0.5) is 0 Å². The van der Waals surface area contributed by atoms with Crippen LogP contribution in [0, 0.1) is 6.92 Å². The molecule has 0 aliphatic rings. The molecule has 0 unspecified atom stereocenters. The monoisotopic (exact) mass is 400 g/mol. The molecular weight excluding hydrogens is 369 g/mol. The molecule has 0 radical (unpaired) electrons. The second-order valence-corrected chi connectivity index (χ2v) is 10.2. The van der Waals surface area contributed by atoms with Crippen LogP contribution in [0.1, 0.15) is 5.56 Å². The van der Waals surface area contributed by atoms with Gasteiger partial charge in [-0.3, -0.25) is 0 Å². The van der Waals surface area contributed by atoms with Gasteiger partial charge in [-0.25, -0.2) is 0 Å². The standard InChI is InChI=1S/C19H29B13/c1-2-3(5-9(22)14(27)18(31)15(28)10(5)23)7(20)13(26)8(21)4(2)6-11(24)16(29)19(32)17(30)12(6)25/h20-32H2,1H3. The molecule has 0 nitrogen and oxygen atoms in total. The smallest absolute Gasteiger partial charge is 0.102 e. The first-order valence-electron chi connectivity index (χ1n) is 12.0. The fourth-order valence-electron chi connectivity index (χ4n) is 5.84. The summed E-state index contributed by atoms with van der Waals surface area (Å²) in [6.45, 7) is 2.36. The van der Waals surface area contributed by atoms with E-state index in [1.54, 1.807) is 0 Å². The first kappa shape index (κ1) is 25.1. The Hall–Kier alpha value is -1.50. The van der Waals surface area contributed by atoms with Crippen molar-refractivity contribution < 1.29 is 0 Å². The second kappa shape index (κ2) is 8.70. The lowest BCUT2D eigenvalue weighted by Gasteiger charge is -2.29. The predicted octanol–water partition coefficient (Wildman–Crippen LogP) is -17.3. The molecule has 0 aliphatic carbocycles. The third-order valence-electron chi connectivity index (χ3n) is 9.12. The van der Waals surface area contributed by atoms with Gasteiger partial charge in [0.25, 0.3) is 0 Å². The molecule has 0 spiro atoms. The van der Waals surface area contributed by atoms with E-state index < -0.39 is 0 Å². The molecule has 144 valence electrons. The van der Waals surface area contributed by atoms with Gasteiger partial charge in [-0.2, -0.15) is 0 Å². The normalized spacial score (nSPS) is 11.0. The fraction of sp³-hybridized carbons (Fsp3) is 0.0526. The van der Waals surface area contributed by atoms with Crippen LogP contribution >= 0.6 is 0 Å². The van der Waals surface area contributed by atoms with Crippen LogP contribution in [0.25, 0.3) is 22.3 Å². The highest BCUT2D eigenvalue weighted by Crippen LogP contribution is 2.24. The molecule has 0 aromatic heterocycles. The van der Waals surface area contributed by atoms with Gasteiger partial charge in [0.2, 0.25) is 0 Å². The topological polar surface area (TPSA) is 0 Å². The molecule has 3 rings (SSSR count). The molecule has 3 aromatic carbocycles. The molecule has 0 saturated carbocycles. The third kappa shape index (κ3) is 3.50. The Morgan fingerprint density at radius 1 is 0.250 bits per heavy atom. The summed E-state index contributed by atoms with van der Waals surface area (Å²) in [6, 6.07) is 0. The van der Waals surface area contributed by atoms with Crippen LogP contribution in [-0.2, 0) is 0 Å².